The molecule has 2 heterocycles. The standard InChI is InChI=1S/C14H14FN3O/c1-8-9(15)3-2-4-10(8)18-12-7-17-11-5-6-16-14(19)13(11)12/h2-4,7,17-18H,5-6H2,1H3,(H,16,19). The maximum Gasteiger partial charge on any atom is 0.255 e. The molecule has 19 heavy (non-hydrogen) atoms. The summed E-state index contributed by atoms with van der Waals surface area (Å²) in [6, 6.07) is 4.85. The second-order valence-corrected chi connectivity index (χ2v) is 4.60. The van der Waals surface area contributed by atoms with Gasteiger partial charge in [-0.2, -0.15) is 0 Å². The van der Waals surface area contributed by atoms with E-state index in [1.807, 2.05) is 0 Å². The molecule has 1 aromatic heterocycles. The molecule has 0 bridgehead atoms. The van der Waals surface area contributed by atoms with Crippen molar-refractivity contribution in [3.63, 3.8) is 0 Å². The Morgan fingerprint density at radius 1 is 1.32 bits per heavy atom. The fourth-order valence-electron chi connectivity index (χ4n) is 2.30. The molecule has 0 unspecified atom stereocenters. The molecule has 2 aromatic rings. The van der Waals surface area contributed by atoms with E-state index in [4.69, 9.17) is 0 Å². The first-order valence-corrected chi connectivity index (χ1v) is 6.17. The Morgan fingerprint density at radius 2 is 2.16 bits per heavy atom. The molecule has 1 aromatic carbocycles. The van der Waals surface area contributed by atoms with Gasteiger partial charge in [0.1, 0.15) is 5.82 Å². The summed E-state index contributed by atoms with van der Waals surface area (Å²) < 4.78 is 13.5. The van der Waals surface area contributed by atoms with E-state index in [-0.39, 0.29) is 11.7 Å². The van der Waals surface area contributed by atoms with E-state index >= 15 is 0 Å². The van der Waals surface area contributed by atoms with Crippen molar-refractivity contribution in [1.29, 1.82) is 0 Å². The molecule has 0 atom stereocenters. The molecule has 3 rings (SSSR count). The molecule has 1 aliphatic rings. The predicted octanol–water partition coefficient (Wildman–Crippen LogP) is 2.49. The van der Waals surface area contributed by atoms with E-state index in [1.54, 1.807) is 25.3 Å². The zero-order valence-corrected chi connectivity index (χ0v) is 10.5. The second kappa shape index (κ2) is 4.42. The van der Waals surface area contributed by atoms with Crippen LogP contribution in [0.5, 0.6) is 0 Å². The summed E-state index contributed by atoms with van der Waals surface area (Å²) >= 11 is 0. The number of aromatic amines is 1. The van der Waals surface area contributed by atoms with Crippen LogP contribution in [0.3, 0.4) is 0 Å². The monoisotopic (exact) mass is 259 g/mol. The Labute approximate surface area is 110 Å². The topological polar surface area (TPSA) is 56.9 Å². The van der Waals surface area contributed by atoms with E-state index in [1.165, 1.54) is 6.07 Å². The van der Waals surface area contributed by atoms with Gasteiger partial charge >= 0.3 is 0 Å². The number of benzene rings is 1. The lowest BCUT2D eigenvalue weighted by atomic mass is 10.1. The van der Waals surface area contributed by atoms with E-state index in [2.05, 4.69) is 15.6 Å². The molecule has 1 aliphatic heterocycles. The van der Waals surface area contributed by atoms with Gasteiger partial charge in [0.15, 0.2) is 0 Å². The number of hydrogen-bond acceptors (Lipinski definition) is 2. The van der Waals surface area contributed by atoms with Crippen molar-refractivity contribution < 1.29 is 9.18 Å². The minimum Gasteiger partial charge on any atom is -0.362 e. The van der Waals surface area contributed by atoms with Crippen molar-refractivity contribution in [2.75, 3.05) is 11.9 Å². The normalized spacial score (nSPS) is 13.9. The largest absolute Gasteiger partial charge is 0.362 e. The molecule has 0 aliphatic carbocycles. The summed E-state index contributed by atoms with van der Waals surface area (Å²) in [5, 5.41) is 5.92. The quantitative estimate of drug-likeness (QED) is 0.776. The lowest BCUT2D eigenvalue weighted by molar-refractivity contribution is 0.0947. The number of halogens is 1. The summed E-state index contributed by atoms with van der Waals surface area (Å²) in [7, 11) is 0. The minimum atomic E-state index is -0.265. The Bertz CT molecular complexity index is 648. The molecule has 98 valence electrons. The molecule has 0 radical (unpaired) electrons. The molecule has 1 amide bonds. The summed E-state index contributed by atoms with van der Waals surface area (Å²) in [5.74, 6) is -0.363. The molecule has 3 N–H and O–H groups in total. The third-order valence-electron chi connectivity index (χ3n) is 3.39. The first-order valence-electron chi connectivity index (χ1n) is 6.17. The average molecular weight is 259 g/mol. The number of H-pyrrole nitrogens is 1. The Morgan fingerprint density at radius 3 is 3.00 bits per heavy atom. The zero-order chi connectivity index (χ0) is 13.4. The van der Waals surface area contributed by atoms with Crippen LogP contribution in [0.15, 0.2) is 24.4 Å². The van der Waals surface area contributed by atoms with Gasteiger partial charge in [-0.25, -0.2) is 4.39 Å². The predicted molar refractivity (Wildman–Crippen MR) is 71.2 cm³/mol. The maximum absolute atomic E-state index is 13.5. The number of amides is 1. The minimum absolute atomic E-state index is 0.0981. The SMILES string of the molecule is Cc1c(F)cccc1Nc1c[nH]c2c1C(=O)NCC2. The van der Waals surface area contributed by atoms with E-state index < -0.39 is 0 Å². The third kappa shape index (κ3) is 1.97. The smallest absolute Gasteiger partial charge is 0.255 e. The first kappa shape index (κ1) is 11.8. The van der Waals surface area contributed by atoms with Crippen molar-refractivity contribution in [3.8, 4) is 0 Å². The Balaban J connectivity index is 1.98. The van der Waals surface area contributed by atoms with Crippen LogP contribution in [0.4, 0.5) is 15.8 Å². The van der Waals surface area contributed by atoms with Crippen LogP contribution in [-0.2, 0) is 6.42 Å². The maximum atomic E-state index is 13.5. The van der Waals surface area contributed by atoms with Crippen molar-refractivity contribution in [2.24, 2.45) is 0 Å². The summed E-state index contributed by atoms with van der Waals surface area (Å²) in [5.41, 5.74) is 3.42. The molecule has 5 heteroatoms. The van der Waals surface area contributed by atoms with Gasteiger partial charge in [-0.05, 0) is 19.1 Å². The zero-order valence-electron chi connectivity index (χ0n) is 10.5. The highest BCUT2D eigenvalue weighted by Crippen LogP contribution is 2.28. The van der Waals surface area contributed by atoms with Crippen molar-refractivity contribution in [1.82, 2.24) is 10.3 Å². The van der Waals surface area contributed by atoms with Gasteiger partial charge in [0.25, 0.3) is 5.91 Å². The number of aromatic nitrogens is 1. The van der Waals surface area contributed by atoms with Gasteiger partial charge in [0.05, 0.1) is 11.3 Å². The van der Waals surface area contributed by atoms with Crippen LogP contribution in [0.1, 0.15) is 21.6 Å². The van der Waals surface area contributed by atoms with Gasteiger partial charge in [0.2, 0.25) is 0 Å². The highest BCUT2D eigenvalue weighted by atomic mass is 19.1. The molecular weight excluding hydrogens is 245 g/mol. The Hall–Kier alpha value is -2.30. The van der Waals surface area contributed by atoms with E-state index in [9.17, 15) is 9.18 Å². The number of carbonyl (C=O) groups excluding carboxylic acids is 1. The fourth-order valence-corrected chi connectivity index (χ4v) is 2.30. The highest BCUT2D eigenvalue weighted by Gasteiger charge is 2.22. The molecule has 4 nitrogen and oxygen atoms in total. The summed E-state index contributed by atoms with van der Waals surface area (Å²) in [6.07, 6.45) is 2.53. The van der Waals surface area contributed by atoms with Crippen molar-refractivity contribution in [3.05, 3.63) is 47.0 Å². The lowest BCUT2D eigenvalue weighted by Gasteiger charge is -2.15. The number of rotatable bonds is 2. The van der Waals surface area contributed by atoms with E-state index in [0.29, 0.717) is 29.0 Å². The summed E-state index contributed by atoms with van der Waals surface area (Å²) in [6.45, 7) is 2.35. The van der Waals surface area contributed by atoms with Gasteiger partial charge in [-0.1, -0.05) is 6.07 Å². The molecular formula is C14H14FN3O. The lowest BCUT2D eigenvalue weighted by Crippen LogP contribution is -2.31. The number of fused-ring (bicyclic) bond motifs is 1. The van der Waals surface area contributed by atoms with Crippen molar-refractivity contribution in [2.45, 2.75) is 13.3 Å². The fraction of sp³-hybridized carbons (Fsp3) is 0.214. The average Bonchev–Trinajstić information content (AvgIpc) is 2.80. The second-order valence-electron chi connectivity index (χ2n) is 4.60. The van der Waals surface area contributed by atoms with Crippen LogP contribution in [0, 0.1) is 12.7 Å². The number of nitrogens with one attached hydrogen (secondary N) is 3. The van der Waals surface area contributed by atoms with Crippen LogP contribution in [-0.4, -0.2) is 17.4 Å². The Kier molecular flexibility index (Phi) is 2.74. The molecule has 0 saturated heterocycles. The van der Waals surface area contributed by atoms with Crippen LogP contribution >= 0.6 is 0 Å². The first-order chi connectivity index (χ1) is 9.16. The van der Waals surface area contributed by atoms with Gasteiger partial charge in [-0.15, -0.1) is 0 Å². The van der Waals surface area contributed by atoms with Crippen LogP contribution < -0.4 is 10.6 Å². The summed E-state index contributed by atoms with van der Waals surface area (Å²) in [4.78, 5) is 15.0. The van der Waals surface area contributed by atoms with Gasteiger partial charge in [0, 0.05) is 36.1 Å². The van der Waals surface area contributed by atoms with Crippen LogP contribution in [0.2, 0.25) is 0 Å². The van der Waals surface area contributed by atoms with Crippen molar-refractivity contribution >= 4 is 17.3 Å². The molecule has 0 spiro atoms. The van der Waals surface area contributed by atoms with Gasteiger partial charge in [-0.3, -0.25) is 4.79 Å². The third-order valence-corrected chi connectivity index (χ3v) is 3.39. The number of anilines is 2. The van der Waals surface area contributed by atoms with Gasteiger partial charge < -0.3 is 15.6 Å². The molecule has 0 saturated carbocycles. The molecule has 0 fully saturated rings. The van der Waals surface area contributed by atoms with Crippen LogP contribution in [0.25, 0.3) is 0 Å². The number of carbonyl (C=O) groups is 1. The number of hydrogen-bond donors (Lipinski definition) is 3. The highest BCUT2D eigenvalue weighted by molar-refractivity contribution is 6.02. The van der Waals surface area contributed by atoms with E-state index in [0.717, 1.165) is 12.1 Å².